The maximum atomic E-state index is 9.38. The molecule has 2 aromatic rings. The second-order valence-electron chi connectivity index (χ2n) is 3.61. The van der Waals surface area contributed by atoms with Gasteiger partial charge in [0.2, 0.25) is 0 Å². The largest absolute Gasteiger partial charge is 0.389 e. The maximum absolute atomic E-state index is 9.38. The Morgan fingerprint density at radius 2 is 1.93 bits per heavy atom. The number of aryl methyl sites for hydroxylation is 1. The molecule has 2 rings (SSSR count). The van der Waals surface area contributed by atoms with Gasteiger partial charge < -0.3 is 9.67 Å². The summed E-state index contributed by atoms with van der Waals surface area (Å²) in [5.74, 6) is 0.958. The van der Waals surface area contributed by atoms with E-state index in [1.165, 1.54) is 0 Å². The summed E-state index contributed by atoms with van der Waals surface area (Å²) in [4.78, 5) is 4.16. The van der Waals surface area contributed by atoms with E-state index in [-0.39, 0.29) is 0 Å². The lowest BCUT2D eigenvalue weighted by Gasteiger charge is -2.08. The zero-order valence-corrected chi connectivity index (χ0v) is 8.88. The number of imidazole rings is 1. The van der Waals surface area contributed by atoms with E-state index in [0.29, 0.717) is 0 Å². The standard InChI is InChI=1S/C12H14N2O/c1-9(15)11-3-5-12(6-4-11)14-8-7-13-10(14)2/h3-9,15H,1-2H3. The number of hydrogen-bond donors (Lipinski definition) is 1. The van der Waals surface area contributed by atoms with Gasteiger partial charge in [0.1, 0.15) is 5.82 Å². The van der Waals surface area contributed by atoms with Crippen LogP contribution in [0, 0.1) is 6.92 Å². The van der Waals surface area contributed by atoms with Crippen LogP contribution in [0.4, 0.5) is 0 Å². The molecule has 1 aromatic heterocycles. The van der Waals surface area contributed by atoms with Crippen LogP contribution >= 0.6 is 0 Å². The van der Waals surface area contributed by atoms with Crippen LogP contribution in [0.15, 0.2) is 36.7 Å². The van der Waals surface area contributed by atoms with Gasteiger partial charge in [0.25, 0.3) is 0 Å². The summed E-state index contributed by atoms with van der Waals surface area (Å²) in [6.07, 6.45) is 3.29. The van der Waals surface area contributed by atoms with Crippen molar-refractivity contribution in [2.75, 3.05) is 0 Å². The molecule has 1 unspecified atom stereocenters. The summed E-state index contributed by atoms with van der Waals surface area (Å²) in [5, 5.41) is 9.38. The second-order valence-corrected chi connectivity index (χ2v) is 3.61. The summed E-state index contributed by atoms with van der Waals surface area (Å²) >= 11 is 0. The summed E-state index contributed by atoms with van der Waals surface area (Å²) in [7, 11) is 0. The predicted molar refractivity (Wildman–Crippen MR) is 58.9 cm³/mol. The summed E-state index contributed by atoms with van der Waals surface area (Å²) in [6.45, 7) is 3.72. The van der Waals surface area contributed by atoms with E-state index in [0.717, 1.165) is 17.1 Å². The lowest BCUT2D eigenvalue weighted by Crippen LogP contribution is -1.96. The molecule has 1 aromatic carbocycles. The van der Waals surface area contributed by atoms with Gasteiger partial charge in [-0.3, -0.25) is 0 Å². The summed E-state index contributed by atoms with van der Waals surface area (Å²) in [6, 6.07) is 7.83. The molecule has 0 saturated carbocycles. The van der Waals surface area contributed by atoms with E-state index in [2.05, 4.69) is 4.98 Å². The molecule has 0 fully saturated rings. The first-order valence-electron chi connectivity index (χ1n) is 4.97. The molecule has 3 nitrogen and oxygen atoms in total. The van der Waals surface area contributed by atoms with Gasteiger partial charge in [0.15, 0.2) is 0 Å². The topological polar surface area (TPSA) is 38.0 Å². The lowest BCUT2D eigenvalue weighted by molar-refractivity contribution is 0.199. The first-order valence-corrected chi connectivity index (χ1v) is 4.97. The van der Waals surface area contributed by atoms with E-state index in [4.69, 9.17) is 0 Å². The van der Waals surface area contributed by atoms with Crippen LogP contribution in [0.2, 0.25) is 0 Å². The van der Waals surface area contributed by atoms with Crippen molar-refractivity contribution in [3.8, 4) is 5.69 Å². The fourth-order valence-electron chi connectivity index (χ4n) is 1.56. The van der Waals surface area contributed by atoms with Crippen LogP contribution in [0.25, 0.3) is 5.69 Å². The lowest BCUT2D eigenvalue weighted by atomic mass is 10.1. The molecule has 1 N–H and O–H groups in total. The average molecular weight is 202 g/mol. The molecule has 1 heterocycles. The molecule has 0 spiro atoms. The van der Waals surface area contributed by atoms with Crippen molar-refractivity contribution >= 4 is 0 Å². The zero-order valence-electron chi connectivity index (χ0n) is 8.88. The zero-order chi connectivity index (χ0) is 10.8. The minimum Gasteiger partial charge on any atom is -0.389 e. The molecule has 0 radical (unpaired) electrons. The van der Waals surface area contributed by atoms with Crippen molar-refractivity contribution in [3.63, 3.8) is 0 Å². The Morgan fingerprint density at radius 3 is 2.40 bits per heavy atom. The summed E-state index contributed by atoms with van der Waals surface area (Å²) in [5.41, 5.74) is 1.99. The monoisotopic (exact) mass is 202 g/mol. The van der Waals surface area contributed by atoms with Crippen molar-refractivity contribution in [3.05, 3.63) is 48.0 Å². The fourth-order valence-corrected chi connectivity index (χ4v) is 1.56. The van der Waals surface area contributed by atoms with Crippen molar-refractivity contribution in [2.24, 2.45) is 0 Å². The van der Waals surface area contributed by atoms with Crippen LogP contribution in [0.1, 0.15) is 24.4 Å². The molecular weight excluding hydrogens is 188 g/mol. The normalized spacial score (nSPS) is 12.7. The highest BCUT2D eigenvalue weighted by Gasteiger charge is 2.02. The molecule has 0 aliphatic rings. The number of benzene rings is 1. The number of hydrogen-bond acceptors (Lipinski definition) is 2. The second kappa shape index (κ2) is 3.87. The van der Waals surface area contributed by atoms with Gasteiger partial charge in [-0.1, -0.05) is 12.1 Å². The van der Waals surface area contributed by atoms with Crippen LogP contribution in [0.3, 0.4) is 0 Å². The van der Waals surface area contributed by atoms with E-state index in [1.807, 2.05) is 42.0 Å². The van der Waals surface area contributed by atoms with Gasteiger partial charge in [-0.2, -0.15) is 0 Å². The van der Waals surface area contributed by atoms with E-state index < -0.39 is 6.10 Å². The highest BCUT2D eigenvalue weighted by Crippen LogP contribution is 2.16. The average Bonchev–Trinajstić information content (AvgIpc) is 2.65. The van der Waals surface area contributed by atoms with Crippen LogP contribution < -0.4 is 0 Å². The Hall–Kier alpha value is -1.61. The number of nitrogens with zero attached hydrogens (tertiary/aromatic N) is 2. The van der Waals surface area contributed by atoms with Crippen molar-refractivity contribution < 1.29 is 5.11 Å². The van der Waals surface area contributed by atoms with Gasteiger partial charge in [-0.05, 0) is 31.5 Å². The third-order valence-electron chi connectivity index (χ3n) is 2.48. The molecule has 0 saturated heterocycles. The third kappa shape index (κ3) is 1.92. The highest BCUT2D eigenvalue weighted by molar-refractivity contribution is 5.36. The van der Waals surface area contributed by atoms with Gasteiger partial charge in [0.05, 0.1) is 6.10 Å². The van der Waals surface area contributed by atoms with Crippen molar-refractivity contribution in [1.82, 2.24) is 9.55 Å². The van der Waals surface area contributed by atoms with E-state index >= 15 is 0 Å². The molecule has 1 atom stereocenters. The summed E-state index contributed by atoms with van der Waals surface area (Å²) < 4.78 is 2.01. The molecule has 15 heavy (non-hydrogen) atoms. The fraction of sp³-hybridized carbons (Fsp3) is 0.250. The molecule has 0 aliphatic heterocycles. The number of aromatic nitrogens is 2. The first kappa shape index (κ1) is 9.93. The van der Waals surface area contributed by atoms with Gasteiger partial charge in [-0.15, -0.1) is 0 Å². The molecule has 0 amide bonds. The van der Waals surface area contributed by atoms with Crippen molar-refractivity contribution in [2.45, 2.75) is 20.0 Å². The number of rotatable bonds is 2. The third-order valence-corrected chi connectivity index (χ3v) is 2.48. The Balaban J connectivity index is 2.36. The molecule has 0 bridgehead atoms. The highest BCUT2D eigenvalue weighted by atomic mass is 16.3. The molecular formula is C12H14N2O. The predicted octanol–water partition coefficient (Wildman–Crippen LogP) is 2.23. The Morgan fingerprint density at radius 1 is 1.27 bits per heavy atom. The Kier molecular flexibility index (Phi) is 2.56. The van der Waals surface area contributed by atoms with Gasteiger partial charge in [-0.25, -0.2) is 4.98 Å². The SMILES string of the molecule is Cc1nccn1-c1ccc(C(C)O)cc1. The number of aliphatic hydroxyl groups excluding tert-OH is 1. The smallest absolute Gasteiger partial charge is 0.110 e. The maximum Gasteiger partial charge on any atom is 0.110 e. The first-order chi connectivity index (χ1) is 7.18. The minimum absolute atomic E-state index is 0.414. The van der Waals surface area contributed by atoms with Crippen LogP contribution in [-0.2, 0) is 0 Å². The molecule has 78 valence electrons. The van der Waals surface area contributed by atoms with Crippen LogP contribution in [0.5, 0.6) is 0 Å². The van der Waals surface area contributed by atoms with Gasteiger partial charge in [0, 0.05) is 18.1 Å². The van der Waals surface area contributed by atoms with Crippen LogP contribution in [-0.4, -0.2) is 14.7 Å². The molecule has 3 heteroatoms. The Bertz CT molecular complexity index is 443. The van der Waals surface area contributed by atoms with E-state index in [9.17, 15) is 5.11 Å². The Labute approximate surface area is 89.0 Å². The quantitative estimate of drug-likeness (QED) is 0.811. The van der Waals surface area contributed by atoms with Gasteiger partial charge >= 0.3 is 0 Å². The van der Waals surface area contributed by atoms with E-state index in [1.54, 1.807) is 13.1 Å². The van der Waals surface area contributed by atoms with Crippen molar-refractivity contribution in [1.29, 1.82) is 0 Å². The minimum atomic E-state index is -0.414. The number of aliphatic hydroxyl groups is 1. The molecule has 0 aliphatic carbocycles.